The normalized spacial score (nSPS) is 20.6. The van der Waals surface area contributed by atoms with E-state index in [1.807, 2.05) is 11.8 Å². The minimum atomic E-state index is -0.711. The second-order valence-electron chi connectivity index (χ2n) is 3.95. The molecule has 0 aromatic heterocycles. The van der Waals surface area contributed by atoms with E-state index in [-0.39, 0.29) is 5.92 Å². The van der Waals surface area contributed by atoms with E-state index in [1.165, 1.54) is 24.3 Å². The molecule has 0 amide bonds. The Labute approximate surface area is 89.6 Å². The summed E-state index contributed by atoms with van der Waals surface area (Å²) in [5.41, 5.74) is 0. The standard InChI is InChI=1S/C10H19NO2S/c1-8(10(12)13)6-11-7-9-2-4-14-5-3-9/h8-9,11H,2-7H2,1H3,(H,12,13). The topological polar surface area (TPSA) is 49.3 Å². The van der Waals surface area contributed by atoms with E-state index in [9.17, 15) is 4.79 Å². The molecular formula is C10H19NO2S. The minimum Gasteiger partial charge on any atom is -0.481 e. The van der Waals surface area contributed by atoms with Gasteiger partial charge >= 0.3 is 5.97 Å². The second-order valence-corrected chi connectivity index (χ2v) is 5.18. The molecule has 0 aromatic rings. The Bertz CT molecular complexity index is 181. The summed E-state index contributed by atoms with van der Waals surface area (Å²) in [6.45, 7) is 3.32. The summed E-state index contributed by atoms with van der Waals surface area (Å²) >= 11 is 2.02. The van der Waals surface area contributed by atoms with Gasteiger partial charge in [-0.2, -0.15) is 11.8 Å². The van der Waals surface area contributed by atoms with Crippen molar-refractivity contribution < 1.29 is 9.90 Å². The SMILES string of the molecule is CC(CNCC1CCSCC1)C(=O)O. The molecule has 1 saturated heterocycles. The number of aliphatic carboxylic acids is 1. The molecule has 0 radical (unpaired) electrons. The lowest BCUT2D eigenvalue weighted by atomic mass is 10.0. The lowest BCUT2D eigenvalue weighted by Crippen LogP contribution is -2.31. The van der Waals surface area contributed by atoms with Crippen LogP contribution in [0.4, 0.5) is 0 Å². The Morgan fingerprint density at radius 2 is 2.21 bits per heavy atom. The Balaban J connectivity index is 2.05. The number of carboxylic acid groups (broad SMARTS) is 1. The smallest absolute Gasteiger partial charge is 0.307 e. The maximum atomic E-state index is 10.5. The monoisotopic (exact) mass is 217 g/mol. The molecule has 0 saturated carbocycles. The Hall–Kier alpha value is -0.220. The van der Waals surface area contributed by atoms with Crippen LogP contribution in [-0.4, -0.2) is 35.7 Å². The van der Waals surface area contributed by atoms with Gasteiger partial charge in [-0.1, -0.05) is 6.92 Å². The molecule has 1 rings (SSSR count). The fourth-order valence-electron chi connectivity index (χ4n) is 1.54. The molecule has 0 bridgehead atoms. The first-order valence-corrected chi connectivity index (χ1v) is 6.37. The molecular weight excluding hydrogens is 198 g/mol. The third-order valence-corrected chi connectivity index (χ3v) is 3.69. The van der Waals surface area contributed by atoms with Crippen molar-refractivity contribution in [3.63, 3.8) is 0 Å². The molecule has 1 atom stereocenters. The van der Waals surface area contributed by atoms with Gasteiger partial charge < -0.3 is 10.4 Å². The van der Waals surface area contributed by atoms with Gasteiger partial charge in [0.2, 0.25) is 0 Å². The highest BCUT2D eigenvalue weighted by atomic mass is 32.2. The van der Waals surface area contributed by atoms with Gasteiger partial charge in [-0.3, -0.25) is 4.79 Å². The molecule has 1 unspecified atom stereocenters. The quantitative estimate of drug-likeness (QED) is 0.731. The molecule has 2 N–H and O–H groups in total. The zero-order valence-corrected chi connectivity index (χ0v) is 9.48. The van der Waals surface area contributed by atoms with Crippen LogP contribution in [0, 0.1) is 11.8 Å². The van der Waals surface area contributed by atoms with E-state index in [0.717, 1.165) is 12.5 Å². The average molecular weight is 217 g/mol. The first-order chi connectivity index (χ1) is 6.70. The molecule has 1 aliphatic rings. The predicted molar refractivity (Wildman–Crippen MR) is 59.7 cm³/mol. The van der Waals surface area contributed by atoms with Gasteiger partial charge in [0.25, 0.3) is 0 Å². The van der Waals surface area contributed by atoms with Crippen LogP contribution in [0.3, 0.4) is 0 Å². The van der Waals surface area contributed by atoms with Crippen molar-refractivity contribution >= 4 is 17.7 Å². The Morgan fingerprint density at radius 3 is 2.79 bits per heavy atom. The number of nitrogens with one attached hydrogen (secondary N) is 1. The molecule has 4 heteroatoms. The van der Waals surface area contributed by atoms with E-state index >= 15 is 0 Å². The van der Waals surface area contributed by atoms with Crippen molar-refractivity contribution in [3.8, 4) is 0 Å². The van der Waals surface area contributed by atoms with Crippen molar-refractivity contribution in [1.82, 2.24) is 5.32 Å². The maximum absolute atomic E-state index is 10.5. The summed E-state index contributed by atoms with van der Waals surface area (Å²) in [5.74, 6) is 2.31. The summed E-state index contributed by atoms with van der Waals surface area (Å²) in [6, 6.07) is 0. The summed E-state index contributed by atoms with van der Waals surface area (Å²) in [4.78, 5) is 10.5. The maximum Gasteiger partial charge on any atom is 0.307 e. The third kappa shape index (κ3) is 4.33. The van der Waals surface area contributed by atoms with Crippen molar-refractivity contribution in [2.75, 3.05) is 24.6 Å². The van der Waals surface area contributed by atoms with Gasteiger partial charge in [-0.15, -0.1) is 0 Å². The van der Waals surface area contributed by atoms with Gasteiger partial charge in [0, 0.05) is 6.54 Å². The highest BCUT2D eigenvalue weighted by Crippen LogP contribution is 2.21. The molecule has 1 fully saturated rings. The molecule has 0 spiro atoms. The number of thioether (sulfide) groups is 1. The fraction of sp³-hybridized carbons (Fsp3) is 0.900. The molecule has 3 nitrogen and oxygen atoms in total. The molecule has 0 aliphatic carbocycles. The van der Waals surface area contributed by atoms with Crippen LogP contribution in [0.25, 0.3) is 0 Å². The first-order valence-electron chi connectivity index (χ1n) is 5.21. The highest BCUT2D eigenvalue weighted by Gasteiger charge is 2.15. The largest absolute Gasteiger partial charge is 0.481 e. The van der Waals surface area contributed by atoms with E-state index in [0.29, 0.717) is 6.54 Å². The van der Waals surface area contributed by atoms with Crippen LogP contribution in [0.1, 0.15) is 19.8 Å². The van der Waals surface area contributed by atoms with E-state index in [2.05, 4.69) is 5.32 Å². The van der Waals surface area contributed by atoms with Crippen LogP contribution in [0.2, 0.25) is 0 Å². The minimum absolute atomic E-state index is 0.270. The summed E-state index contributed by atoms with van der Waals surface area (Å²) in [5, 5.41) is 11.9. The van der Waals surface area contributed by atoms with Crippen LogP contribution in [-0.2, 0) is 4.79 Å². The Morgan fingerprint density at radius 1 is 1.57 bits per heavy atom. The molecule has 1 aliphatic heterocycles. The molecule has 0 aromatic carbocycles. The average Bonchev–Trinajstić information content (AvgIpc) is 2.19. The molecule has 1 heterocycles. The van der Waals surface area contributed by atoms with Gasteiger partial charge in [0.15, 0.2) is 0 Å². The van der Waals surface area contributed by atoms with E-state index in [1.54, 1.807) is 6.92 Å². The van der Waals surface area contributed by atoms with E-state index in [4.69, 9.17) is 5.11 Å². The van der Waals surface area contributed by atoms with Crippen molar-refractivity contribution in [3.05, 3.63) is 0 Å². The summed E-state index contributed by atoms with van der Waals surface area (Å²) in [6.07, 6.45) is 2.55. The number of carboxylic acids is 1. The molecule has 14 heavy (non-hydrogen) atoms. The zero-order valence-electron chi connectivity index (χ0n) is 8.66. The van der Waals surface area contributed by atoms with Crippen molar-refractivity contribution in [2.45, 2.75) is 19.8 Å². The van der Waals surface area contributed by atoms with Gasteiger partial charge in [-0.25, -0.2) is 0 Å². The predicted octanol–water partition coefficient (Wildman–Crippen LogP) is 1.44. The summed E-state index contributed by atoms with van der Waals surface area (Å²) < 4.78 is 0. The van der Waals surface area contributed by atoms with Crippen LogP contribution in [0.15, 0.2) is 0 Å². The Kier molecular flexibility index (Phi) is 5.33. The first kappa shape index (κ1) is 11.9. The van der Waals surface area contributed by atoms with Crippen LogP contribution in [0.5, 0.6) is 0 Å². The van der Waals surface area contributed by atoms with Crippen LogP contribution < -0.4 is 5.32 Å². The number of rotatable bonds is 5. The second kappa shape index (κ2) is 6.30. The van der Waals surface area contributed by atoms with Crippen molar-refractivity contribution in [2.24, 2.45) is 11.8 Å². The third-order valence-electron chi connectivity index (χ3n) is 2.65. The lowest BCUT2D eigenvalue weighted by Gasteiger charge is -2.22. The summed E-state index contributed by atoms with van der Waals surface area (Å²) in [7, 11) is 0. The number of hydrogen-bond donors (Lipinski definition) is 2. The van der Waals surface area contributed by atoms with Crippen LogP contribution >= 0.6 is 11.8 Å². The van der Waals surface area contributed by atoms with E-state index < -0.39 is 5.97 Å². The van der Waals surface area contributed by atoms with Gasteiger partial charge in [-0.05, 0) is 36.8 Å². The zero-order chi connectivity index (χ0) is 10.4. The number of carbonyl (C=O) groups is 1. The lowest BCUT2D eigenvalue weighted by molar-refractivity contribution is -0.140. The highest BCUT2D eigenvalue weighted by molar-refractivity contribution is 7.99. The van der Waals surface area contributed by atoms with Gasteiger partial charge in [0.1, 0.15) is 0 Å². The molecule has 82 valence electrons. The van der Waals surface area contributed by atoms with Crippen molar-refractivity contribution in [1.29, 1.82) is 0 Å². The fourth-order valence-corrected chi connectivity index (χ4v) is 2.75. The number of hydrogen-bond acceptors (Lipinski definition) is 3. The van der Waals surface area contributed by atoms with Gasteiger partial charge in [0.05, 0.1) is 5.92 Å².